The first-order valence-electron chi connectivity index (χ1n) is 6.82. The lowest BCUT2D eigenvalue weighted by Gasteiger charge is -2.14. The maximum Gasteiger partial charge on any atom is 0.165 e. The molecule has 0 aliphatic carbocycles. The van der Waals surface area contributed by atoms with Gasteiger partial charge in [-0.05, 0) is 18.9 Å². The van der Waals surface area contributed by atoms with Gasteiger partial charge in [-0.1, -0.05) is 25.4 Å². The summed E-state index contributed by atoms with van der Waals surface area (Å²) in [7, 11) is 0. The van der Waals surface area contributed by atoms with Crippen LogP contribution in [-0.4, -0.2) is 24.9 Å². The summed E-state index contributed by atoms with van der Waals surface area (Å²) >= 11 is 11.7. The van der Waals surface area contributed by atoms with Gasteiger partial charge in [-0.3, -0.25) is 4.79 Å². The molecular weight excluding hydrogens is 299 g/mol. The molecule has 0 amide bonds. The fourth-order valence-electron chi connectivity index (χ4n) is 1.62. The number of hydrogen-bond donors (Lipinski definition) is 0. The van der Waals surface area contributed by atoms with E-state index in [1.165, 1.54) is 0 Å². The Balaban J connectivity index is 3.06. The van der Waals surface area contributed by atoms with Crippen molar-refractivity contribution in [3.8, 4) is 11.5 Å². The van der Waals surface area contributed by atoms with E-state index in [9.17, 15) is 4.79 Å². The van der Waals surface area contributed by atoms with Gasteiger partial charge in [0.1, 0.15) is 0 Å². The molecule has 112 valence electrons. The molecule has 3 nitrogen and oxygen atoms in total. The van der Waals surface area contributed by atoms with Crippen LogP contribution in [0.15, 0.2) is 12.1 Å². The van der Waals surface area contributed by atoms with Crippen molar-refractivity contribution in [2.24, 2.45) is 0 Å². The van der Waals surface area contributed by atoms with E-state index in [1.807, 2.05) is 13.8 Å². The Morgan fingerprint density at radius 3 is 2.15 bits per heavy atom. The number of benzene rings is 1. The van der Waals surface area contributed by atoms with E-state index in [2.05, 4.69) is 0 Å². The van der Waals surface area contributed by atoms with Crippen molar-refractivity contribution in [3.05, 3.63) is 22.7 Å². The zero-order chi connectivity index (χ0) is 15.0. The fourth-order valence-corrected chi connectivity index (χ4v) is 2.05. The number of ether oxygens (including phenoxy) is 2. The Morgan fingerprint density at radius 1 is 1.10 bits per heavy atom. The number of hydrogen-bond acceptors (Lipinski definition) is 3. The van der Waals surface area contributed by atoms with Crippen LogP contribution in [0.5, 0.6) is 11.5 Å². The topological polar surface area (TPSA) is 35.5 Å². The van der Waals surface area contributed by atoms with E-state index in [1.54, 1.807) is 12.1 Å². The van der Waals surface area contributed by atoms with Crippen molar-refractivity contribution in [1.82, 2.24) is 0 Å². The summed E-state index contributed by atoms with van der Waals surface area (Å²) < 4.78 is 11.3. The highest BCUT2D eigenvalue weighted by Crippen LogP contribution is 2.34. The van der Waals surface area contributed by atoms with Crippen LogP contribution in [0.1, 0.15) is 43.5 Å². The molecule has 0 fully saturated rings. The largest absolute Gasteiger partial charge is 0.490 e. The monoisotopic (exact) mass is 318 g/mol. The molecule has 0 saturated carbocycles. The van der Waals surface area contributed by atoms with E-state index in [-0.39, 0.29) is 18.1 Å². The van der Waals surface area contributed by atoms with Gasteiger partial charge in [0, 0.05) is 23.9 Å². The van der Waals surface area contributed by atoms with E-state index < -0.39 is 0 Å². The summed E-state index contributed by atoms with van der Waals surface area (Å²) in [5, 5.41) is 0.370. The van der Waals surface area contributed by atoms with Crippen LogP contribution in [0.4, 0.5) is 0 Å². The van der Waals surface area contributed by atoms with Crippen LogP contribution in [0.2, 0.25) is 5.02 Å². The van der Waals surface area contributed by atoms with Gasteiger partial charge in [-0.15, -0.1) is 11.6 Å². The van der Waals surface area contributed by atoms with Crippen LogP contribution in [0, 0.1) is 0 Å². The molecule has 0 unspecified atom stereocenters. The number of halogens is 2. The van der Waals surface area contributed by atoms with Gasteiger partial charge < -0.3 is 9.47 Å². The minimum Gasteiger partial charge on any atom is -0.490 e. The molecule has 0 spiro atoms. The van der Waals surface area contributed by atoms with Crippen LogP contribution < -0.4 is 9.47 Å². The molecule has 1 rings (SSSR count). The van der Waals surface area contributed by atoms with Crippen molar-refractivity contribution in [3.63, 3.8) is 0 Å². The number of rotatable bonds is 9. The molecule has 20 heavy (non-hydrogen) atoms. The second-order valence-corrected chi connectivity index (χ2v) is 5.12. The minimum absolute atomic E-state index is 0.0895. The Kier molecular flexibility index (Phi) is 7.78. The number of ketones is 1. The summed E-state index contributed by atoms with van der Waals surface area (Å²) in [5.74, 6) is 1.32. The molecule has 0 aliphatic rings. The third-order valence-electron chi connectivity index (χ3n) is 2.58. The standard InChI is InChI=1S/C15H20Cl2O3/c1-3-7-19-14-9-11(13(18)5-6-16)12(17)10-15(14)20-8-4-2/h9-10H,3-8H2,1-2H3. The second kappa shape index (κ2) is 9.09. The molecule has 5 heteroatoms. The molecule has 0 aliphatic heterocycles. The Bertz CT molecular complexity index is 447. The highest BCUT2D eigenvalue weighted by atomic mass is 35.5. The maximum atomic E-state index is 12.0. The first-order valence-corrected chi connectivity index (χ1v) is 7.73. The molecule has 1 aromatic rings. The number of carbonyl (C=O) groups excluding carboxylic acids is 1. The van der Waals surface area contributed by atoms with Crippen LogP contribution >= 0.6 is 23.2 Å². The molecular formula is C15H20Cl2O3. The lowest BCUT2D eigenvalue weighted by molar-refractivity contribution is 0.0989. The van der Waals surface area contributed by atoms with Crippen molar-refractivity contribution in [2.45, 2.75) is 33.1 Å². The van der Waals surface area contributed by atoms with Crippen molar-refractivity contribution in [1.29, 1.82) is 0 Å². The van der Waals surface area contributed by atoms with Crippen LogP contribution in [0.25, 0.3) is 0 Å². The number of alkyl halides is 1. The van der Waals surface area contributed by atoms with Crippen molar-refractivity contribution < 1.29 is 14.3 Å². The minimum atomic E-state index is -0.0895. The molecule has 0 atom stereocenters. The van der Waals surface area contributed by atoms with Gasteiger partial charge in [0.15, 0.2) is 17.3 Å². The van der Waals surface area contributed by atoms with Crippen molar-refractivity contribution >= 4 is 29.0 Å². The molecule has 0 bridgehead atoms. The molecule has 0 radical (unpaired) electrons. The van der Waals surface area contributed by atoms with Crippen LogP contribution in [0.3, 0.4) is 0 Å². The molecule has 0 heterocycles. The van der Waals surface area contributed by atoms with E-state index in [0.29, 0.717) is 35.3 Å². The lowest BCUT2D eigenvalue weighted by atomic mass is 10.1. The Hall–Kier alpha value is -0.930. The smallest absolute Gasteiger partial charge is 0.165 e. The van der Waals surface area contributed by atoms with E-state index in [4.69, 9.17) is 32.7 Å². The van der Waals surface area contributed by atoms with Gasteiger partial charge in [0.25, 0.3) is 0 Å². The average Bonchev–Trinajstić information content (AvgIpc) is 2.44. The predicted molar refractivity (Wildman–Crippen MR) is 82.7 cm³/mol. The summed E-state index contributed by atoms with van der Waals surface area (Å²) in [6.45, 7) is 5.18. The molecule has 1 aromatic carbocycles. The first kappa shape index (κ1) is 17.1. The lowest BCUT2D eigenvalue weighted by Crippen LogP contribution is -2.05. The number of carbonyl (C=O) groups is 1. The van der Waals surface area contributed by atoms with Gasteiger partial charge in [0.2, 0.25) is 0 Å². The first-order chi connectivity index (χ1) is 9.63. The van der Waals surface area contributed by atoms with Gasteiger partial charge in [-0.2, -0.15) is 0 Å². The Morgan fingerprint density at radius 2 is 1.65 bits per heavy atom. The fraction of sp³-hybridized carbons (Fsp3) is 0.533. The van der Waals surface area contributed by atoms with Gasteiger partial charge >= 0.3 is 0 Å². The van der Waals surface area contributed by atoms with Crippen LogP contribution in [-0.2, 0) is 0 Å². The Labute approximate surface area is 130 Å². The average molecular weight is 319 g/mol. The highest BCUT2D eigenvalue weighted by molar-refractivity contribution is 6.34. The van der Waals surface area contributed by atoms with Gasteiger partial charge in [-0.25, -0.2) is 0 Å². The van der Waals surface area contributed by atoms with E-state index in [0.717, 1.165) is 12.8 Å². The predicted octanol–water partition coefficient (Wildman–Crippen LogP) is 4.73. The summed E-state index contributed by atoms with van der Waals surface area (Å²) in [6, 6.07) is 3.29. The van der Waals surface area contributed by atoms with Crippen molar-refractivity contribution in [2.75, 3.05) is 19.1 Å². The second-order valence-electron chi connectivity index (χ2n) is 4.34. The van der Waals surface area contributed by atoms with Gasteiger partial charge in [0.05, 0.1) is 18.2 Å². The molecule has 0 aromatic heterocycles. The zero-order valence-electron chi connectivity index (χ0n) is 11.9. The summed E-state index contributed by atoms with van der Waals surface area (Å²) in [5.41, 5.74) is 0.433. The highest BCUT2D eigenvalue weighted by Gasteiger charge is 2.16. The number of Topliss-reactive ketones (excluding diaryl/α,β-unsaturated/α-hetero) is 1. The summed E-state index contributed by atoms with van der Waals surface area (Å²) in [6.07, 6.45) is 2.02. The molecule has 0 saturated heterocycles. The summed E-state index contributed by atoms with van der Waals surface area (Å²) in [4.78, 5) is 12.0. The maximum absolute atomic E-state index is 12.0. The van der Waals surface area contributed by atoms with E-state index >= 15 is 0 Å². The normalized spacial score (nSPS) is 10.4. The third kappa shape index (κ3) is 4.88. The third-order valence-corrected chi connectivity index (χ3v) is 3.08. The SMILES string of the molecule is CCCOc1cc(Cl)c(C(=O)CCCl)cc1OCCC. The zero-order valence-corrected chi connectivity index (χ0v) is 13.4. The molecule has 0 N–H and O–H groups in total. The quantitative estimate of drug-likeness (QED) is 0.487.